The van der Waals surface area contributed by atoms with Crippen molar-refractivity contribution in [2.24, 2.45) is 0 Å². The fourth-order valence-electron chi connectivity index (χ4n) is 1.32. The van der Waals surface area contributed by atoms with E-state index in [-0.39, 0.29) is 0 Å². The first-order chi connectivity index (χ1) is 6.68. The lowest BCUT2D eigenvalue weighted by Gasteiger charge is -1.98. The lowest BCUT2D eigenvalue weighted by Crippen LogP contribution is -1.79. The molecular weight excluding hydrogens is 196 g/mol. The molecule has 1 N–H and O–H groups in total. The molecule has 0 spiro atoms. The lowest BCUT2D eigenvalue weighted by atomic mass is 10.1. The van der Waals surface area contributed by atoms with Crippen LogP contribution in [0.5, 0.6) is 0 Å². The van der Waals surface area contributed by atoms with Crippen molar-refractivity contribution in [1.82, 2.24) is 10.2 Å². The molecule has 0 saturated heterocycles. The third-order valence-corrected chi connectivity index (χ3v) is 2.66. The van der Waals surface area contributed by atoms with Crippen LogP contribution in [0.4, 0.5) is 0 Å². The third kappa shape index (κ3) is 1.53. The van der Waals surface area contributed by atoms with Crippen LogP contribution < -0.4 is 0 Å². The fourth-order valence-corrected chi connectivity index (χ4v) is 1.51. The molecule has 0 bridgehead atoms. The summed E-state index contributed by atoms with van der Waals surface area (Å²) in [6.07, 6.45) is 0. The largest absolute Gasteiger partial charge is 0.281 e. The van der Waals surface area contributed by atoms with E-state index >= 15 is 0 Å². The Labute approximate surface area is 87.9 Å². The van der Waals surface area contributed by atoms with Gasteiger partial charge in [-0.25, -0.2) is 0 Å². The normalized spacial score (nSPS) is 10.5. The van der Waals surface area contributed by atoms with Crippen LogP contribution in [-0.2, 0) is 0 Å². The minimum absolute atomic E-state index is 0.703. The van der Waals surface area contributed by atoms with E-state index in [1.165, 1.54) is 5.56 Å². The summed E-state index contributed by atoms with van der Waals surface area (Å²) >= 11 is 6.09. The minimum Gasteiger partial charge on any atom is -0.281 e. The molecule has 0 aliphatic rings. The number of nitrogens with zero attached hydrogens (tertiary/aromatic N) is 1. The number of nitrogens with one attached hydrogen (secondary N) is 1. The van der Waals surface area contributed by atoms with Gasteiger partial charge in [-0.15, -0.1) is 0 Å². The molecule has 0 radical (unpaired) electrons. The Morgan fingerprint density at radius 1 is 1.14 bits per heavy atom. The van der Waals surface area contributed by atoms with Crippen LogP contribution in [0.2, 0.25) is 5.02 Å². The maximum Gasteiger partial charge on any atom is 0.111 e. The molecule has 0 aliphatic heterocycles. The number of aromatic amines is 1. The maximum absolute atomic E-state index is 6.09. The van der Waals surface area contributed by atoms with Crippen molar-refractivity contribution in [2.75, 3.05) is 0 Å². The topological polar surface area (TPSA) is 28.7 Å². The molecule has 2 nitrogen and oxygen atoms in total. The molecule has 0 atom stereocenters. The highest BCUT2D eigenvalue weighted by atomic mass is 35.5. The Bertz CT molecular complexity index is 443. The van der Waals surface area contributed by atoms with Gasteiger partial charge in [0, 0.05) is 5.56 Å². The van der Waals surface area contributed by atoms with Gasteiger partial charge < -0.3 is 0 Å². The number of hydrogen-bond donors (Lipinski definition) is 1. The molecule has 0 saturated carbocycles. The van der Waals surface area contributed by atoms with Crippen LogP contribution in [0.15, 0.2) is 24.3 Å². The number of aromatic nitrogens is 2. The summed E-state index contributed by atoms with van der Waals surface area (Å²) in [4.78, 5) is 0. The summed E-state index contributed by atoms with van der Waals surface area (Å²) in [7, 11) is 0. The molecule has 0 aliphatic carbocycles. The zero-order valence-electron chi connectivity index (χ0n) is 8.13. The van der Waals surface area contributed by atoms with E-state index in [0.29, 0.717) is 5.02 Å². The monoisotopic (exact) mass is 206 g/mol. The smallest absolute Gasteiger partial charge is 0.111 e. The number of halogens is 1. The second-order valence-corrected chi connectivity index (χ2v) is 3.76. The first-order valence-corrected chi connectivity index (χ1v) is 4.84. The zero-order valence-corrected chi connectivity index (χ0v) is 8.89. The van der Waals surface area contributed by atoms with Crippen molar-refractivity contribution in [3.63, 3.8) is 0 Å². The second-order valence-electron chi connectivity index (χ2n) is 3.38. The molecule has 2 rings (SSSR count). The quantitative estimate of drug-likeness (QED) is 0.762. The first-order valence-electron chi connectivity index (χ1n) is 4.46. The van der Waals surface area contributed by atoms with E-state index in [2.05, 4.69) is 29.3 Å². The number of rotatable bonds is 1. The van der Waals surface area contributed by atoms with Crippen LogP contribution >= 0.6 is 11.6 Å². The average molecular weight is 207 g/mol. The molecule has 0 fully saturated rings. The Morgan fingerprint density at radius 2 is 1.79 bits per heavy atom. The summed E-state index contributed by atoms with van der Waals surface area (Å²) in [5.41, 5.74) is 4.01. The maximum atomic E-state index is 6.09. The highest BCUT2D eigenvalue weighted by molar-refractivity contribution is 6.33. The third-order valence-electron chi connectivity index (χ3n) is 2.20. The van der Waals surface area contributed by atoms with Crippen molar-refractivity contribution in [2.45, 2.75) is 13.8 Å². The highest BCUT2D eigenvalue weighted by Crippen LogP contribution is 2.27. The molecule has 3 heteroatoms. The van der Waals surface area contributed by atoms with Gasteiger partial charge in [-0.2, -0.15) is 5.10 Å². The van der Waals surface area contributed by atoms with Crippen molar-refractivity contribution in [3.8, 4) is 11.3 Å². The number of aryl methyl sites for hydroxylation is 2. The van der Waals surface area contributed by atoms with Crippen LogP contribution in [0.3, 0.4) is 0 Å². The van der Waals surface area contributed by atoms with Crippen LogP contribution in [0, 0.1) is 13.8 Å². The van der Waals surface area contributed by atoms with Crippen LogP contribution in [0.25, 0.3) is 11.3 Å². The van der Waals surface area contributed by atoms with E-state index in [0.717, 1.165) is 17.0 Å². The molecule has 0 amide bonds. The van der Waals surface area contributed by atoms with Crippen LogP contribution in [-0.4, -0.2) is 10.2 Å². The van der Waals surface area contributed by atoms with E-state index in [1.807, 2.05) is 19.1 Å². The van der Waals surface area contributed by atoms with E-state index in [9.17, 15) is 0 Å². The van der Waals surface area contributed by atoms with Gasteiger partial charge in [0.05, 0.1) is 10.7 Å². The molecular formula is C11H11ClN2. The molecule has 1 aromatic heterocycles. The molecule has 14 heavy (non-hydrogen) atoms. The fraction of sp³-hybridized carbons (Fsp3) is 0.182. The van der Waals surface area contributed by atoms with Crippen molar-refractivity contribution in [1.29, 1.82) is 0 Å². The standard InChI is InChI=1S/C11H11ClN2/c1-7-3-5-9(6-4-7)11-10(12)8(2)13-14-11/h3-6H,1-2H3,(H,13,14). The van der Waals surface area contributed by atoms with Crippen molar-refractivity contribution in [3.05, 3.63) is 40.5 Å². The highest BCUT2D eigenvalue weighted by Gasteiger charge is 2.08. The number of benzene rings is 1. The molecule has 72 valence electrons. The van der Waals surface area contributed by atoms with Gasteiger partial charge in [-0.3, -0.25) is 5.10 Å². The van der Waals surface area contributed by atoms with E-state index in [4.69, 9.17) is 11.6 Å². The van der Waals surface area contributed by atoms with Crippen LogP contribution in [0.1, 0.15) is 11.3 Å². The number of hydrogen-bond acceptors (Lipinski definition) is 1. The summed E-state index contributed by atoms with van der Waals surface area (Å²) in [5.74, 6) is 0. The predicted octanol–water partition coefficient (Wildman–Crippen LogP) is 3.35. The van der Waals surface area contributed by atoms with E-state index < -0.39 is 0 Å². The lowest BCUT2D eigenvalue weighted by molar-refractivity contribution is 1.05. The number of H-pyrrole nitrogens is 1. The van der Waals surface area contributed by atoms with Gasteiger partial charge in [0.1, 0.15) is 5.69 Å². The molecule has 2 aromatic rings. The summed E-state index contributed by atoms with van der Waals surface area (Å²) in [6, 6.07) is 8.15. The minimum atomic E-state index is 0.703. The SMILES string of the molecule is Cc1ccc(-c2n[nH]c(C)c2Cl)cc1. The molecule has 1 heterocycles. The van der Waals surface area contributed by atoms with Crippen molar-refractivity contribution >= 4 is 11.6 Å². The Hall–Kier alpha value is -1.28. The second kappa shape index (κ2) is 3.46. The Morgan fingerprint density at radius 3 is 2.29 bits per heavy atom. The summed E-state index contributed by atoms with van der Waals surface area (Å²) in [5, 5.41) is 7.73. The average Bonchev–Trinajstić information content (AvgIpc) is 2.50. The van der Waals surface area contributed by atoms with Gasteiger partial charge in [0.25, 0.3) is 0 Å². The van der Waals surface area contributed by atoms with Crippen molar-refractivity contribution < 1.29 is 0 Å². The predicted molar refractivity (Wildman–Crippen MR) is 58.5 cm³/mol. The molecule has 0 unspecified atom stereocenters. The first kappa shape index (κ1) is 9.28. The van der Waals surface area contributed by atoms with Gasteiger partial charge >= 0.3 is 0 Å². The van der Waals surface area contributed by atoms with E-state index in [1.54, 1.807) is 0 Å². The molecule has 1 aromatic carbocycles. The Balaban J connectivity index is 2.49. The zero-order chi connectivity index (χ0) is 10.1. The van der Waals surface area contributed by atoms with Gasteiger partial charge in [0.2, 0.25) is 0 Å². The van der Waals surface area contributed by atoms with Gasteiger partial charge in [-0.05, 0) is 13.8 Å². The van der Waals surface area contributed by atoms with Gasteiger partial charge in [-0.1, -0.05) is 41.4 Å². The Kier molecular flexibility index (Phi) is 2.30. The summed E-state index contributed by atoms with van der Waals surface area (Å²) in [6.45, 7) is 3.97. The summed E-state index contributed by atoms with van der Waals surface area (Å²) < 4.78 is 0. The van der Waals surface area contributed by atoms with Gasteiger partial charge in [0.15, 0.2) is 0 Å².